The second kappa shape index (κ2) is 11.2. The summed E-state index contributed by atoms with van der Waals surface area (Å²) < 4.78 is 30.6. The summed E-state index contributed by atoms with van der Waals surface area (Å²) in [6.07, 6.45) is 1.43. The number of hydrogen-bond acceptors (Lipinski definition) is 6. The molecule has 0 bridgehead atoms. The molecule has 0 aliphatic heterocycles. The van der Waals surface area contributed by atoms with E-state index in [9.17, 15) is 9.36 Å². The van der Waals surface area contributed by atoms with E-state index in [0.29, 0.717) is 13.2 Å². The van der Waals surface area contributed by atoms with E-state index in [1.54, 1.807) is 26.0 Å². The standard InChI is InChI=1S/C20H38N2O5PSi2/c1-20(2,17-22-19(23)18-11-9-10-12-21-18)27-28(24,25-13-15-29(3,4)5)26-14-16-30(6,7)8/h9,11-12H,13-17H2,1-8H3,(H,22,23). The van der Waals surface area contributed by atoms with Crippen LogP contribution in [0.1, 0.15) is 24.3 Å². The molecule has 1 amide bonds. The molecule has 0 saturated carbocycles. The van der Waals surface area contributed by atoms with E-state index in [1.165, 1.54) is 6.20 Å². The molecule has 30 heavy (non-hydrogen) atoms. The van der Waals surface area contributed by atoms with E-state index in [4.69, 9.17) is 13.6 Å². The Morgan fingerprint density at radius 1 is 1.10 bits per heavy atom. The van der Waals surface area contributed by atoms with Crippen LogP contribution >= 0.6 is 7.82 Å². The van der Waals surface area contributed by atoms with Crippen molar-refractivity contribution in [3.63, 3.8) is 0 Å². The van der Waals surface area contributed by atoms with Crippen molar-refractivity contribution in [1.82, 2.24) is 10.3 Å². The van der Waals surface area contributed by atoms with Gasteiger partial charge in [0.05, 0.1) is 18.8 Å². The van der Waals surface area contributed by atoms with Crippen molar-refractivity contribution >= 4 is 29.9 Å². The van der Waals surface area contributed by atoms with Gasteiger partial charge < -0.3 is 5.32 Å². The minimum Gasteiger partial charge on any atom is -0.348 e. The number of phosphoric acid groups is 1. The fourth-order valence-electron chi connectivity index (χ4n) is 2.19. The molecule has 0 aromatic carbocycles. The number of phosphoric ester groups is 1. The third kappa shape index (κ3) is 12.1. The van der Waals surface area contributed by atoms with Gasteiger partial charge >= 0.3 is 7.82 Å². The third-order valence-electron chi connectivity index (χ3n) is 4.08. The van der Waals surface area contributed by atoms with E-state index in [-0.39, 0.29) is 18.1 Å². The van der Waals surface area contributed by atoms with Gasteiger partial charge in [-0.3, -0.25) is 23.3 Å². The first-order valence-corrected chi connectivity index (χ1v) is 19.2. The molecule has 1 rings (SSSR count). The van der Waals surface area contributed by atoms with Crippen LogP contribution in [-0.4, -0.2) is 52.4 Å². The van der Waals surface area contributed by atoms with Crippen molar-refractivity contribution in [1.29, 1.82) is 0 Å². The number of hydrogen-bond donors (Lipinski definition) is 1. The molecular formula is C20H38N2O5PSi2. The Morgan fingerprint density at radius 2 is 1.63 bits per heavy atom. The molecule has 0 fully saturated rings. The van der Waals surface area contributed by atoms with Gasteiger partial charge in [0.2, 0.25) is 0 Å². The number of aromatic nitrogens is 1. The number of amides is 1. The number of rotatable bonds is 13. The first kappa shape index (κ1) is 27.2. The van der Waals surface area contributed by atoms with Gasteiger partial charge in [-0.25, -0.2) is 4.57 Å². The SMILES string of the molecule is CC(C)(CNC(=O)c1cc[c]cn1)OP(=O)(OCC[Si](C)(C)C)OCC[Si](C)(C)C. The van der Waals surface area contributed by atoms with Gasteiger partial charge in [0.25, 0.3) is 5.91 Å². The lowest BCUT2D eigenvalue weighted by atomic mass is 10.1. The van der Waals surface area contributed by atoms with Crippen molar-refractivity contribution in [2.45, 2.75) is 70.8 Å². The van der Waals surface area contributed by atoms with E-state index in [1.807, 2.05) is 0 Å². The summed E-state index contributed by atoms with van der Waals surface area (Å²) in [6, 6.07) is 7.67. The van der Waals surface area contributed by atoms with Gasteiger partial charge in [-0.15, -0.1) is 0 Å². The van der Waals surface area contributed by atoms with Crippen LogP contribution in [0.3, 0.4) is 0 Å². The molecule has 1 aromatic rings. The molecular weight excluding hydrogens is 435 g/mol. The zero-order chi connectivity index (χ0) is 23.1. The Kier molecular flexibility index (Phi) is 10.1. The number of carbonyl (C=O) groups excluding carboxylic acids is 1. The molecule has 1 aromatic heterocycles. The molecule has 0 unspecified atom stereocenters. The Hall–Kier alpha value is -0.836. The average Bonchev–Trinajstić information content (AvgIpc) is 2.57. The van der Waals surface area contributed by atoms with E-state index in [2.05, 4.69) is 55.6 Å². The van der Waals surface area contributed by atoms with Crippen molar-refractivity contribution in [2.75, 3.05) is 19.8 Å². The highest BCUT2D eigenvalue weighted by atomic mass is 31.2. The number of carbonyl (C=O) groups is 1. The quantitative estimate of drug-likeness (QED) is 0.312. The predicted octanol–water partition coefficient (Wildman–Crippen LogP) is 5.22. The van der Waals surface area contributed by atoms with Crippen molar-refractivity contribution in [2.24, 2.45) is 0 Å². The molecule has 171 valence electrons. The van der Waals surface area contributed by atoms with E-state index < -0.39 is 29.6 Å². The topological polar surface area (TPSA) is 86.8 Å². The van der Waals surface area contributed by atoms with Crippen LogP contribution in [0, 0.1) is 6.07 Å². The number of nitrogens with zero attached hydrogens (tertiary/aromatic N) is 1. The maximum atomic E-state index is 13.4. The second-order valence-electron chi connectivity index (χ2n) is 10.4. The lowest BCUT2D eigenvalue weighted by molar-refractivity contribution is 0.0342. The van der Waals surface area contributed by atoms with Gasteiger partial charge in [-0.2, -0.15) is 0 Å². The zero-order valence-electron chi connectivity index (χ0n) is 19.7. The maximum Gasteiger partial charge on any atom is 0.475 e. The first-order chi connectivity index (χ1) is 13.6. The molecule has 0 spiro atoms. The monoisotopic (exact) mass is 473 g/mol. The van der Waals surface area contributed by atoms with Crippen molar-refractivity contribution in [3.05, 3.63) is 30.1 Å². The van der Waals surface area contributed by atoms with E-state index in [0.717, 1.165) is 12.1 Å². The van der Waals surface area contributed by atoms with Gasteiger partial charge in [0, 0.05) is 35.0 Å². The van der Waals surface area contributed by atoms with Crippen molar-refractivity contribution in [3.8, 4) is 0 Å². The summed E-state index contributed by atoms with van der Waals surface area (Å²) >= 11 is 0. The Labute approximate surface area is 183 Å². The highest BCUT2D eigenvalue weighted by Gasteiger charge is 2.36. The largest absolute Gasteiger partial charge is 0.475 e. The molecule has 1 N–H and O–H groups in total. The van der Waals surface area contributed by atoms with Crippen LogP contribution < -0.4 is 5.32 Å². The third-order valence-corrected chi connectivity index (χ3v) is 9.21. The molecule has 1 radical (unpaired) electrons. The highest BCUT2D eigenvalue weighted by molar-refractivity contribution is 7.48. The minimum atomic E-state index is -3.77. The minimum absolute atomic E-state index is 0.130. The summed E-state index contributed by atoms with van der Waals surface area (Å²) in [5.41, 5.74) is -0.671. The van der Waals surface area contributed by atoms with Crippen LogP contribution in [0.4, 0.5) is 0 Å². The summed E-state index contributed by atoms with van der Waals surface area (Å²) in [4.78, 5) is 16.2. The first-order valence-electron chi connectivity index (χ1n) is 10.3. The zero-order valence-corrected chi connectivity index (χ0v) is 22.6. The summed E-state index contributed by atoms with van der Waals surface area (Å²) in [5.74, 6) is -0.338. The highest BCUT2D eigenvalue weighted by Crippen LogP contribution is 2.53. The molecule has 1 heterocycles. The molecule has 10 heteroatoms. The molecule has 0 atom stereocenters. The number of pyridine rings is 1. The van der Waals surface area contributed by atoms with Gasteiger partial charge in [-0.05, 0) is 32.0 Å². The lowest BCUT2D eigenvalue weighted by Crippen LogP contribution is -2.40. The van der Waals surface area contributed by atoms with Crippen LogP contribution in [0.15, 0.2) is 18.3 Å². The normalized spacial score (nSPS) is 13.3. The summed E-state index contributed by atoms with van der Waals surface area (Å²) in [6.45, 7) is 17.6. The fourth-order valence-corrected chi connectivity index (χ4v) is 5.44. The second-order valence-corrected chi connectivity index (χ2v) is 23.2. The van der Waals surface area contributed by atoms with Crippen LogP contribution in [0.2, 0.25) is 51.4 Å². The Bertz CT molecular complexity index is 694. The van der Waals surface area contributed by atoms with Crippen LogP contribution in [0.5, 0.6) is 0 Å². The van der Waals surface area contributed by atoms with Crippen LogP contribution in [0.25, 0.3) is 0 Å². The smallest absolute Gasteiger partial charge is 0.348 e. The average molecular weight is 474 g/mol. The molecule has 7 nitrogen and oxygen atoms in total. The Balaban J connectivity index is 2.75. The fraction of sp³-hybridized carbons (Fsp3) is 0.700. The van der Waals surface area contributed by atoms with Crippen LogP contribution in [-0.2, 0) is 18.1 Å². The number of nitrogens with one attached hydrogen (secondary N) is 1. The van der Waals surface area contributed by atoms with Crippen molar-refractivity contribution < 1.29 is 22.9 Å². The predicted molar refractivity (Wildman–Crippen MR) is 126 cm³/mol. The van der Waals surface area contributed by atoms with Gasteiger partial charge in [0.15, 0.2) is 0 Å². The Morgan fingerprint density at radius 3 is 2.07 bits per heavy atom. The van der Waals surface area contributed by atoms with Gasteiger partial charge in [0.1, 0.15) is 5.69 Å². The molecule has 0 saturated heterocycles. The molecule has 0 aliphatic carbocycles. The molecule has 0 aliphatic rings. The summed E-state index contributed by atoms with van der Waals surface area (Å²) in [5, 5.41) is 2.76. The summed E-state index contributed by atoms with van der Waals surface area (Å²) in [7, 11) is -6.49. The van der Waals surface area contributed by atoms with Gasteiger partial charge in [-0.1, -0.05) is 45.3 Å². The maximum absolute atomic E-state index is 13.4. The lowest BCUT2D eigenvalue weighted by Gasteiger charge is -2.30. The van der Waals surface area contributed by atoms with E-state index >= 15 is 0 Å².